The van der Waals surface area contributed by atoms with Crippen molar-refractivity contribution in [3.05, 3.63) is 64.1 Å². The molecular weight excluding hydrogens is 319 g/mol. The van der Waals surface area contributed by atoms with E-state index in [4.69, 9.17) is 23.2 Å². The van der Waals surface area contributed by atoms with Crippen molar-refractivity contribution in [2.24, 2.45) is 0 Å². The van der Waals surface area contributed by atoms with Crippen LogP contribution < -0.4 is 10.2 Å². The zero-order chi connectivity index (χ0) is 15.9. The number of carbonyl (C=O) groups excluding carboxylic acids is 1. The first-order valence-corrected chi connectivity index (χ1v) is 7.78. The molecule has 0 aliphatic heterocycles. The first-order chi connectivity index (χ1) is 10.6. The minimum absolute atomic E-state index is 0.0503. The van der Waals surface area contributed by atoms with Gasteiger partial charge >= 0.3 is 0 Å². The molecule has 0 heterocycles. The molecule has 2 rings (SSSR count). The maximum Gasteiger partial charge on any atom is 0.224 e. The molecule has 0 fully saturated rings. The number of anilines is 1. The van der Waals surface area contributed by atoms with Crippen LogP contribution in [0.2, 0.25) is 10.0 Å². The highest BCUT2D eigenvalue weighted by molar-refractivity contribution is 6.35. The molecule has 2 aromatic rings. The van der Waals surface area contributed by atoms with Crippen LogP contribution in [0.1, 0.15) is 5.56 Å². The first-order valence-electron chi connectivity index (χ1n) is 7.03. The van der Waals surface area contributed by atoms with Gasteiger partial charge in [-0.05, 0) is 29.8 Å². The Morgan fingerprint density at radius 3 is 2.55 bits per heavy atom. The number of para-hydroxylation sites is 1. The number of nitrogens with zero attached hydrogens (tertiary/aromatic N) is 1. The zero-order valence-corrected chi connectivity index (χ0v) is 13.9. The molecular formula is C17H18Cl2N2O. The zero-order valence-electron chi connectivity index (χ0n) is 12.4. The molecule has 0 aromatic heterocycles. The Balaban J connectivity index is 1.78. The topological polar surface area (TPSA) is 32.3 Å². The van der Waals surface area contributed by atoms with Gasteiger partial charge in [-0.25, -0.2) is 0 Å². The fourth-order valence-corrected chi connectivity index (χ4v) is 2.55. The monoisotopic (exact) mass is 336 g/mol. The number of carbonyl (C=O) groups is 1. The molecule has 0 aliphatic carbocycles. The number of benzene rings is 2. The van der Waals surface area contributed by atoms with Gasteiger partial charge in [0.25, 0.3) is 0 Å². The molecule has 0 unspecified atom stereocenters. The second-order valence-electron chi connectivity index (χ2n) is 5.02. The lowest BCUT2D eigenvalue weighted by Gasteiger charge is -2.19. The highest BCUT2D eigenvalue weighted by Gasteiger charge is 2.08. The van der Waals surface area contributed by atoms with Gasteiger partial charge in [0.2, 0.25) is 5.91 Å². The Morgan fingerprint density at radius 2 is 1.86 bits per heavy atom. The van der Waals surface area contributed by atoms with Gasteiger partial charge in [-0.15, -0.1) is 0 Å². The second-order valence-corrected chi connectivity index (χ2v) is 5.86. The summed E-state index contributed by atoms with van der Waals surface area (Å²) in [6.07, 6.45) is 0.255. The minimum atomic E-state index is -0.0503. The molecule has 2 aromatic carbocycles. The Hall–Kier alpha value is -1.71. The Morgan fingerprint density at radius 1 is 1.14 bits per heavy atom. The summed E-state index contributed by atoms with van der Waals surface area (Å²) in [6.45, 7) is 1.32. The van der Waals surface area contributed by atoms with Gasteiger partial charge in [0.15, 0.2) is 0 Å². The van der Waals surface area contributed by atoms with Gasteiger partial charge in [0.05, 0.1) is 6.42 Å². The van der Waals surface area contributed by atoms with Gasteiger partial charge in [-0.1, -0.05) is 47.5 Å². The minimum Gasteiger partial charge on any atom is -0.373 e. The fraction of sp³-hybridized carbons (Fsp3) is 0.235. The number of rotatable bonds is 6. The van der Waals surface area contributed by atoms with E-state index < -0.39 is 0 Å². The number of likely N-dealkylation sites (N-methyl/N-ethyl adjacent to an activating group) is 1. The molecule has 5 heteroatoms. The molecule has 1 N–H and O–H groups in total. The molecule has 1 amide bonds. The predicted molar refractivity (Wildman–Crippen MR) is 92.9 cm³/mol. The maximum atomic E-state index is 11.9. The number of hydrogen-bond donors (Lipinski definition) is 1. The molecule has 3 nitrogen and oxygen atoms in total. The highest BCUT2D eigenvalue weighted by Crippen LogP contribution is 2.21. The summed E-state index contributed by atoms with van der Waals surface area (Å²) in [5.41, 5.74) is 1.90. The predicted octanol–water partition coefficient (Wildman–Crippen LogP) is 3.79. The quantitative estimate of drug-likeness (QED) is 0.870. The summed E-state index contributed by atoms with van der Waals surface area (Å²) < 4.78 is 0. The van der Waals surface area contributed by atoms with E-state index in [9.17, 15) is 4.79 Å². The average Bonchev–Trinajstić information content (AvgIpc) is 2.51. The van der Waals surface area contributed by atoms with Gasteiger partial charge in [-0.3, -0.25) is 4.79 Å². The van der Waals surface area contributed by atoms with E-state index in [1.54, 1.807) is 18.2 Å². The fourth-order valence-electron chi connectivity index (χ4n) is 2.08. The third-order valence-electron chi connectivity index (χ3n) is 3.33. The van der Waals surface area contributed by atoms with Crippen molar-refractivity contribution in [1.29, 1.82) is 0 Å². The van der Waals surface area contributed by atoms with Gasteiger partial charge in [0, 0.05) is 35.9 Å². The Bertz CT molecular complexity index is 632. The summed E-state index contributed by atoms with van der Waals surface area (Å²) in [4.78, 5) is 14.0. The summed E-state index contributed by atoms with van der Waals surface area (Å²) in [7, 11) is 2.00. The molecule has 0 atom stereocenters. The molecule has 116 valence electrons. The number of amides is 1. The van der Waals surface area contributed by atoms with E-state index in [2.05, 4.69) is 10.2 Å². The average molecular weight is 337 g/mol. The van der Waals surface area contributed by atoms with Crippen LogP contribution in [0, 0.1) is 0 Å². The number of halogens is 2. The molecule has 0 radical (unpaired) electrons. The second kappa shape index (κ2) is 8.06. The molecule has 0 saturated heterocycles. The molecule has 0 saturated carbocycles. The van der Waals surface area contributed by atoms with Crippen molar-refractivity contribution in [2.75, 3.05) is 25.0 Å². The van der Waals surface area contributed by atoms with E-state index >= 15 is 0 Å². The van der Waals surface area contributed by atoms with Crippen LogP contribution in [0.25, 0.3) is 0 Å². The first kappa shape index (κ1) is 16.7. The largest absolute Gasteiger partial charge is 0.373 e. The molecule has 22 heavy (non-hydrogen) atoms. The van der Waals surface area contributed by atoms with Gasteiger partial charge in [0.1, 0.15) is 0 Å². The number of nitrogens with one attached hydrogen (secondary N) is 1. The van der Waals surface area contributed by atoms with Crippen molar-refractivity contribution >= 4 is 34.8 Å². The van der Waals surface area contributed by atoms with E-state index in [-0.39, 0.29) is 12.3 Å². The Kier molecular flexibility index (Phi) is 6.10. The standard InChI is InChI=1S/C17H18Cl2N2O/c1-21(15-5-3-2-4-6-15)10-9-20-17(22)11-13-7-8-14(18)12-16(13)19/h2-8,12H,9-11H2,1H3,(H,20,22). The summed E-state index contributed by atoms with van der Waals surface area (Å²) in [6, 6.07) is 15.2. The van der Waals surface area contributed by atoms with Crippen molar-refractivity contribution < 1.29 is 4.79 Å². The van der Waals surface area contributed by atoms with E-state index in [0.29, 0.717) is 16.6 Å². The third-order valence-corrected chi connectivity index (χ3v) is 3.92. The van der Waals surface area contributed by atoms with Crippen LogP contribution in [0.15, 0.2) is 48.5 Å². The van der Waals surface area contributed by atoms with E-state index in [1.165, 1.54) is 0 Å². The van der Waals surface area contributed by atoms with Crippen LogP contribution in [-0.4, -0.2) is 26.0 Å². The summed E-state index contributed by atoms with van der Waals surface area (Å²) in [5, 5.41) is 3.99. The summed E-state index contributed by atoms with van der Waals surface area (Å²) in [5.74, 6) is -0.0503. The lowest BCUT2D eigenvalue weighted by atomic mass is 10.1. The third kappa shape index (κ3) is 4.93. The lowest BCUT2D eigenvalue weighted by molar-refractivity contribution is -0.120. The van der Waals surface area contributed by atoms with Gasteiger partial charge in [-0.2, -0.15) is 0 Å². The van der Waals surface area contributed by atoms with Crippen molar-refractivity contribution in [3.63, 3.8) is 0 Å². The number of hydrogen-bond acceptors (Lipinski definition) is 2. The van der Waals surface area contributed by atoms with Gasteiger partial charge < -0.3 is 10.2 Å². The normalized spacial score (nSPS) is 10.3. The van der Waals surface area contributed by atoms with Crippen LogP contribution in [0.3, 0.4) is 0 Å². The van der Waals surface area contributed by atoms with Crippen LogP contribution >= 0.6 is 23.2 Å². The highest BCUT2D eigenvalue weighted by atomic mass is 35.5. The van der Waals surface area contributed by atoms with Crippen molar-refractivity contribution in [3.8, 4) is 0 Å². The maximum absolute atomic E-state index is 11.9. The van der Waals surface area contributed by atoms with E-state index in [1.807, 2.05) is 37.4 Å². The van der Waals surface area contributed by atoms with Crippen molar-refractivity contribution in [2.45, 2.75) is 6.42 Å². The Labute approximate surface area is 140 Å². The SMILES string of the molecule is CN(CCNC(=O)Cc1ccc(Cl)cc1Cl)c1ccccc1. The smallest absolute Gasteiger partial charge is 0.224 e. The molecule has 0 spiro atoms. The summed E-state index contributed by atoms with van der Waals surface area (Å²) >= 11 is 11.9. The van der Waals surface area contributed by atoms with Crippen LogP contribution in [0.4, 0.5) is 5.69 Å². The lowest BCUT2D eigenvalue weighted by Crippen LogP contribution is -2.33. The van der Waals surface area contributed by atoms with Crippen LogP contribution in [-0.2, 0) is 11.2 Å². The molecule has 0 bridgehead atoms. The van der Waals surface area contributed by atoms with Crippen LogP contribution in [0.5, 0.6) is 0 Å². The van der Waals surface area contributed by atoms with E-state index in [0.717, 1.165) is 17.8 Å². The van der Waals surface area contributed by atoms with Crippen molar-refractivity contribution in [1.82, 2.24) is 5.32 Å². The molecule has 0 aliphatic rings.